The second-order valence-electron chi connectivity index (χ2n) is 6.95. The first-order valence-corrected chi connectivity index (χ1v) is 10.7. The molecular weight excluding hydrogens is 418 g/mol. The highest BCUT2D eigenvalue weighted by Crippen LogP contribution is 2.27. The Hall–Kier alpha value is -3.69. The van der Waals surface area contributed by atoms with Gasteiger partial charge in [-0.05, 0) is 30.7 Å². The maximum Gasteiger partial charge on any atom is 0.296 e. The molecule has 0 radical (unpaired) electrons. The molecule has 0 bridgehead atoms. The summed E-state index contributed by atoms with van der Waals surface area (Å²) in [4.78, 5) is 25.3. The molecular formula is C22H21N3O5S. The molecule has 3 rings (SSSR count). The van der Waals surface area contributed by atoms with Crippen LogP contribution in [0.2, 0.25) is 0 Å². The third kappa shape index (κ3) is 4.90. The number of Topliss-reactive ketones (excluding diaryl/α,β-unsaturated/α-hetero) is 2. The van der Waals surface area contributed by atoms with E-state index in [0.717, 1.165) is 6.08 Å². The third-order valence-corrected chi connectivity index (χ3v) is 5.66. The number of allylic oxidation sites excluding steroid dienone is 3. The van der Waals surface area contributed by atoms with E-state index in [-0.39, 0.29) is 46.7 Å². The largest absolute Gasteiger partial charge is 0.401 e. The van der Waals surface area contributed by atoms with E-state index in [0.29, 0.717) is 11.4 Å². The Bertz CT molecular complexity index is 1260. The molecule has 0 saturated carbocycles. The highest BCUT2D eigenvalue weighted by Gasteiger charge is 2.25. The zero-order valence-corrected chi connectivity index (χ0v) is 17.3. The van der Waals surface area contributed by atoms with Gasteiger partial charge in [-0.2, -0.15) is 8.42 Å². The summed E-state index contributed by atoms with van der Waals surface area (Å²) in [7, 11) is -4.76. The minimum absolute atomic E-state index is 0.0182. The quantitative estimate of drug-likeness (QED) is 0.323. The van der Waals surface area contributed by atoms with Crippen LogP contribution in [0.15, 0.2) is 83.1 Å². The Morgan fingerprint density at radius 3 is 2.29 bits per heavy atom. The first kappa shape index (κ1) is 22.0. The van der Waals surface area contributed by atoms with Crippen molar-refractivity contribution >= 4 is 33.1 Å². The number of hydrogen-bond donors (Lipinski definition) is 4. The number of carbonyl (C=O) groups is 2. The van der Waals surface area contributed by atoms with Gasteiger partial charge in [0, 0.05) is 40.2 Å². The van der Waals surface area contributed by atoms with Gasteiger partial charge in [0.15, 0.2) is 11.6 Å². The molecule has 6 N–H and O–H groups in total. The smallest absolute Gasteiger partial charge is 0.296 e. The number of ketones is 2. The summed E-state index contributed by atoms with van der Waals surface area (Å²) >= 11 is 0. The highest BCUT2D eigenvalue weighted by atomic mass is 32.2. The Kier molecular flexibility index (Phi) is 6.09. The Labute approximate surface area is 179 Å². The summed E-state index contributed by atoms with van der Waals surface area (Å²) in [5.74, 6) is -0.969. The first-order valence-electron chi connectivity index (χ1n) is 9.24. The number of benzene rings is 2. The normalized spacial score (nSPS) is 18.1. The SMILES string of the molecule is C=C1C(=O)c2ccccc2C(=O)CC/C(N)=C(/S(=O)(=O)O)C=C1Nc1cccc(N)c1. The van der Waals surface area contributed by atoms with Crippen LogP contribution < -0.4 is 16.8 Å². The predicted molar refractivity (Wildman–Crippen MR) is 119 cm³/mol. The van der Waals surface area contributed by atoms with Crippen molar-refractivity contribution in [1.82, 2.24) is 0 Å². The van der Waals surface area contributed by atoms with Gasteiger partial charge in [0.1, 0.15) is 4.91 Å². The van der Waals surface area contributed by atoms with Crippen molar-refractivity contribution in [2.45, 2.75) is 12.8 Å². The molecule has 9 heteroatoms. The topological polar surface area (TPSA) is 153 Å². The molecule has 31 heavy (non-hydrogen) atoms. The second kappa shape index (κ2) is 8.58. The molecule has 8 nitrogen and oxygen atoms in total. The Morgan fingerprint density at radius 2 is 1.65 bits per heavy atom. The number of nitrogens with two attached hydrogens (primary N) is 2. The average molecular weight is 439 g/mol. The highest BCUT2D eigenvalue weighted by molar-refractivity contribution is 7.90. The minimum atomic E-state index is -4.76. The number of nitrogens with one attached hydrogen (secondary N) is 1. The second-order valence-corrected chi connectivity index (χ2v) is 8.34. The van der Waals surface area contributed by atoms with E-state index in [9.17, 15) is 22.6 Å². The monoisotopic (exact) mass is 439 g/mol. The van der Waals surface area contributed by atoms with Crippen molar-refractivity contribution in [3.8, 4) is 0 Å². The molecule has 2 aromatic carbocycles. The van der Waals surface area contributed by atoms with Gasteiger partial charge in [0.05, 0.1) is 5.70 Å². The maximum atomic E-state index is 13.2. The molecule has 0 saturated heterocycles. The lowest BCUT2D eigenvalue weighted by molar-refractivity contribution is 0.0967. The number of anilines is 2. The molecule has 0 fully saturated rings. The van der Waals surface area contributed by atoms with Crippen molar-refractivity contribution in [2.75, 3.05) is 11.1 Å². The average Bonchev–Trinajstić information content (AvgIpc) is 2.73. The summed E-state index contributed by atoms with van der Waals surface area (Å²) in [6.07, 6.45) is 0.755. The summed E-state index contributed by atoms with van der Waals surface area (Å²) in [6, 6.07) is 12.8. The molecule has 0 aromatic heterocycles. The number of nitrogen functional groups attached to an aromatic ring is 1. The molecule has 160 valence electrons. The van der Waals surface area contributed by atoms with Crippen LogP contribution in [0.1, 0.15) is 33.6 Å². The third-order valence-electron chi connectivity index (χ3n) is 4.73. The lowest BCUT2D eigenvalue weighted by Crippen LogP contribution is -2.15. The summed E-state index contributed by atoms with van der Waals surface area (Å²) in [5, 5.41) is 2.91. The predicted octanol–water partition coefficient (Wildman–Crippen LogP) is 3.04. The fourth-order valence-corrected chi connectivity index (χ4v) is 3.85. The van der Waals surface area contributed by atoms with Crippen LogP contribution in [0.4, 0.5) is 11.4 Å². The van der Waals surface area contributed by atoms with Crippen molar-refractivity contribution in [1.29, 1.82) is 0 Å². The standard InChI is InChI=1S/C22H21N3O5S/c1-13-19(25-15-6-4-5-14(23)11-15)12-21(31(28,29)30)18(24)9-10-20(26)16-7-2-3-8-17(16)22(13)27/h2-8,11-12,25H,1,9-10,23-24H2,(H,28,29,30)/b19-12?,21-18-. The van der Waals surface area contributed by atoms with E-state index in [1.165, 1.54) is 12.1 Å². The molecule has 0 atom stereocenters. The van der Waals surface area contributed by atoms with E-state index in [1.54, 1.807) is 36.4 Å². The summed E-state index contributed by atoms with van der Waals surface area (Å²) < 4.78 is 33.7. The van der Waals surface area contributed by atoms with Gasteiger partial charge in [0.2, 0.25) is 0 Å². The van der Waals surface area contributed by atoms with Gasteiger partial charge in [-0.15, -0.1) is 0 Å². The fraction of sp³-hybridized carbons (Fsp3) is 0.0909. The Morgan fingerprint density at radius 1 is 0.968 bits per heavy atom. The van der Waals surface area contributed by atoms with Gasteiger partial charge >= 0.3 is 0 Å². The van der Waals surface area contributed by atoms with Crippen LogP contribution in [0.25, 0.3) is 0 Å². The van der Waals surface area contributed by atoms with Crippen LogP contribution in [0.3, 0.4) is 0 Å². The number of hydrogen-bond acceptors (Lipinski definition) is 7. The van der Waals surface area contributed by atoms with Gasteiger partial charge in [-0.1, -0.05) is 36.9 Å². The summed E-state index contributed by atoms with van der Waals surface area (Å²) in [5.41, 5.74) is 12.6. The minimum Gasteiger partial charge on any atom is -0.401 e. The maximum absolute atomic E-state index is 13.2. The number of rotatable bonds is 3. The van der Waals surface area contributed by atoms with Crippen molar-refractivity contribution in [3.63, 3.8) is 0 Å². The van der Waals surface area contributed by atoms with E-state index >= 15 is 0 Å². The fourth-order valence-electron chi connectivity index (χ4n) is 3.15. The van der Waals surface area contributed by atoms with Crippen LogP contribution >= 0.6 is 0 Å². The van der Waals surface area contributed by atoms with Gasteiger partial charge in [-0.3, -0.25) is 14.1 Å². The molecule has 0 spiro atoms. The van der Waals surface area contributed by atoms with E-state index < -0.39 is 20.8 Å². The molecule has 1 aliphatic rings. The lowest BCUT2D eigenvalue weighted by Gasteiger charge is -2.15. The van der Waals surface area contributed by atoms with Crippen molar-refractivity contribution in [3.05, 3.63) is 94.2 Å². The van der Waals surface area contributed by atoms with E-state index in [4.69, 9.17) is 11.5 Å². The molecule has 1 aliphatic carbocycles. The Balaban J connectivity index is 2.23. The zero-order valence-electron chi connectivity index (χ0n) is 16.5. The molecule has 0 amide bonds. The van der Waals surface area contributed by atoms with E-state index in [2.05, 4.69) is 11.9 Å². The van der Waals surface area contributed by atoms with Crippen LogP contribution in [-0.4, -0.2) is 24.5 Å². The van der Waals surface area contributed by atoms with Crippen LogP contribution in [0.5, 0.6) is 0 Å². The van der Waals surface area contributed by atoms with Gasteiger partial charge in [0.25, 0.3) is 10.1 Å². The number of fused-ring (bicyclic) bond motifs is 1. The lowest BCUT2D eigenvalue weighted by atomic mass is 9.94. The summed E-state index contributed by atoms with van der Waals surface area (Å²) in [6.45, 7) is 3.80. The van der Waals surface area contributed by atoms with Crippen LogP contribution in [-0.2, 0) is 10.1 Å². The van der Waals surface area contributed by atoms with Gasteiger partial charge < -0.3 is 16.8 Å². The molecule has 0 heterocycles. The van der Waals surface area contributed by atoms with Crippen LogP contribution in [0, 0.1) is 0 Å². The van der Waals surface area contributed by atoms with Crippen molar-refractivity contribution in [2.24, 2.45) is 5.73 Å². The molecule has 2 aromatic rings. The van der Waals surface area contributed by atoms with Gasteiger partial charge in [-0.25, -0.2) is 0 Å². The zero-order chi connectivity index (χ0) is 22.8. The van der Waals surface area contributed by atoms with E-state index in [1.807, 2.05) is 0 Å². The molecule has 0 unspecified atom stereocenters. The molecule has 0 aliphatic heterocycles. The number of carbonyl (C=O) groups excluding carboxylic acids is 2. The first-order chi connectivity index (χ1) is 14.6. The van der Waals surface area contributed by atoms with Crippen molar-refractivity contribution < 1.29 is 22.6 Å².